The van der Waals surface area contributed by atoms with Crippen LogP contribution in [0.25, 0.3) is 0 Å². The van der Waals surface area contributed by atoms with Crippen LogP contribution in [0.3, 0.4) is 0 Å². The summed E-state index contributed by atoms with van der Waals surface area (Å²) >= 11 is 0. The number of unbranched alkanes of at least 4 members (excludes halogenated alkanes) is 36. The van der Waals surface area contributed by atoms with Crippen molar-refractivity contribution in [3.63, 3.8) is 0 Å². The van der Waals surface area contributed by atoms with Gasteiger partial charge in [0.1, 0.15) is 19.3 Å². The van der Waals surface area contributed by atoms with Crippen molar-refractivity contribution >= 4 is 19.7 Å². The maximum Gasteiger partial charge on any atom is 0.472 e. The molecule has 10 heteroatoms. The second-order valence-corrected chi connectivity index (χ2v) is 25.8. The van der Waals surface area contributed by atoms with Crippen LogP contribution in [0.1, 0.15) is 316 Å². The number of esters is 1. The fourth-order valence-corrected chi connectivity index (χ4v) is 10.5. The van der Waals surface area contributed by atoms with Crippen molar-refractivity contribution in [2.45, 2.75) is 328 Å². The predicted octanol–water partition coefficient (Wildman–Crippen LogP) is 21.6. The Labute approximate surface area is 502 Å². The van der Waals surface area contributed by atoms with Gasteiger partial charge in [-0.2, -0.15) is 0 Å². The molecule has 0 fully saturated rings. The lowest BCUT2D eigenvalue weighted by atomic mass is 10.0. The van der Waals surface area contributed by atoms with Crippen molar-refractivity contribution in [3.05, 3.63) is 72.9 Å². The number of phosphoric ester groups is 1. The van der Waals surface area contributed by atoms with Gasteiger partial charge in [0.05, 0.1) is 33.8 Å². The van der Waals surface area contributed by atoms with E-state index >= 15 is 0 Å². The minimum absolute atomic E-state index is 0.0370. The molecule has 0 rings (SSSR count). The number of amides is 1. The second kappa shape index (κ2) is 60.6. The molecule has 0 spiro atoms. The van der Waals surface area contributed by atoms with Gasteiger partial charge in [0, 0.05) is 12.8 Å². The molecular weight excluding hydrogens is 1020 g/mol. The Morgan fingerprint density at radius 3 is 1.15 bits per heavy atom. The number of rotatable bonds is 62. The van der Waals surface area contributed by atoms with Crippen molar-refractivity contribution in [2.75, 3.05) is 40.9 Å². The van der Waals surface area contributed by atoms with E-state index in [1.165, 1.54) is 193 Å². The Morgan fingerprint density at radius 1 is 0.432 bits per heavy atom. The molecule has 0 radical (unpaired) electrons. The molecule has 3 atom stereocenters. The summed E-state index contributed by atoms with van der Waals surface area (Å²) in [4.78, 5) is 37.9. The first kappa shape index (κ1) is 78.5. The van der Waals surface area contributed by atoms with Crippen LogP contribution in [0.5, 0.6) is 0 Å². The molecule has 2 N–H and O–H groups in total. The van der Waals surface area contributed by atoms with E-state index in [4.69, 9.17) is 13.8 Å². The first-order chi connectivity index (χ1) is 39.4. The molecule has 0 aliphatic carbocycles. The van der Waals surface area contributed by atoms with Crippen molar-refractivity contribution in [1.29, 1.82) is 0 Å². The van der Waals surface area contributed by atoms with Crippen LogP contribution in [0.4, 0.5) is 0 Å². The van der Waals surface area contributed by atoms with Crippen LogP contribution in [0.2, 0.25) is 0 Å². The normalized spacial score (nSPS) is 14.0. The third-order valence-electron chi connectivity index (χ3n) is 15.1. The van der Waals surface area contributed by atoms with Gasteiger partial charge >= 0.3 is 13.8 Å². The first-order valence-corrected chi connectivity index (χ1v) is 35.8. The summed E-state index contributed by atoms with van der Waals surface area (Å²) in [5.41, 5.74) is 0. The lowest BCUT2D eigenvalue weighted by Crippen LogP contribution is -2.47. The SMILES string of the molecule is CCCCC/C=C\C/C=C\C/C=C\CCCCCCCCCCCCCCC(=O)OC(/C=C\CCCCCCCCCCCCC)C(COP(=O)(O)OCC[N+](C)(C)C)NC(=O)CCCCCCCCC/C=C\C/C=C\CCCCC. The van der Waals surface area contributed by atoms with Crippen LogP contribution < -0.4 is 5.32 Å². The number of ether oxygens (including phenoxy) is 1. The van der Waals surface area contributed by atoms with Crippen molar-refractivity contribution < 1.29 is 37.3 Å². The number of likely N-dealkylation sites (N-methyl/N-ethyl adjacent to an activating group) is 1. The molecule has 0 heterocycles. The molecule has 0 aromatic rings. The number of allylic oxidation sites excluding steroid dienone is 11. The minimum atomic E-state index is -4.46. The van der Waals surface area contributed by atoms with Crippen LogP contribution in [-0.4, -0.2) is 74.3 Å². The fourth-order valence-electron chi connectivity index (χ4n) is 9.80. The predicted molar refractivity (Wildman–Crippen MR) is 351 cm³/mol. The average molecular weight is 1160 g/mol. The smallest absolute Gasteiger partial charge is 0.456 e. The Bertz CT molecular complexity index is 1620. The highest BCUT2D eigenvalue weighted by atomic mass is 31.2. The van der Waals surface area contributed by atoms with E-state index in [1.807, 2.05) is 33.3 Å². The quantitative estimate of drug-likeness (QED) is 0.0205. The van der Waals surface area contributed by atoms with E-state index in [1.54, 1.807) is 0 Å². The Kier molecular flexibility index (Phi) is 58.7. The lowest BCUT2D eigenvalue weighted by Gasteiger charge is -2.27. The maximum atomic E-state index is 13.6. The number of hydrogen-bond donors (Lipinski definition) is 2. The second-order valence-electron chi connectivity index (χ2n) is 24.3. The number of hydrogen-bond acceptors (Lipinski definition) is 6. The summed E-state index contributed by atoms with van der Waals surface area (Å²) in [6.07, 6.45) is 79.0. The average Bonchev–Trinajstić information content (AvgIpc) is 3.44. The number of carbonyl (C=O) groups excluding carboxylic acids is 2. The van der Waals surface area contributed by atoms with Gasteiger partial charge in [-0.05, 0) is 102 Å². The van der Waals surface area contributed by atoms with Gasteiger partial charge in [0.2, 0.25) is 5.91 Å². The highest BCUT2D eigenvalue weighted by Crippen LogP contribution is 2.43. The third-order valence-corrected chi connectivity index (χ3v) is 16.1. The van der Waals surface area contributed by atoms with E-state index < -0.39 is 20.0 Å². The largest absolute Gasteiger partial charge is 0.472 e. The zero-order chi connectivity index (χ0) is 59.3. The van der Waals surface area contributed by atoms with Crippen LogP contribution >= 0.6 is 7.82 Å². The molecule has 0 aliphatic rings. The standard InChI is InChI=1S/C71H131N2O7P/c1-7-10-13-16-19-22-25-28-30-32-33-34-35-36-37-38-39-41-43-46-49-52-55-58-61-64-71(75)80-69(62-59-56-53-50-47-44-27-24-21-18-15-12-9-3)68(67-79-81(76,77)78-66-65-73(4,5)6)72-70(74)63-60-57-54-51-48-45-42-40-31-29-26-23-20-17-14-11-8-2/h19-20,22-23,28-31,33-34,59,62,68-69H,7-18,21,24-27,32,35-58,60-61,63-67H2,1-6H3,(H-,72,74,76,77)/p+1/b22-19-,23-20-,30-28-,31-29-,34-33-,62-59-. The molecular formula is C71H132N2O7P+. The molecule has 472 valence electrons. The molecule has 9 nitrogen and oxygen atoms in total. The van der Waals surface area contributed by atoms with E-state index in [0.717, 1.165) is 89.9 Å². The van der Waals surface area contributed by atoms with E-state index in [2.05, 4.69) is 86.8 Å². The third kappa shape index (κ3) is 61.8. The molecule has 0 bridgehead atoms. The summed E-state index contributed by atoms with van der Waals surface area (Å²) in [6, 6.07) is -0.856. The molecule has 0 aromatic heterocycles. The summed E-state index contributed by atoms with van der Waals surface area (Å²) in [5, 5.41) is 3.06. The van der Waals surface area contributed by atoms with E-state index in [9.17, 15) is 19.0 Å². The van der Waals surface area contributed by atoms with Crippen LogP contribution in [-0.2, 0) is 27.9 Å². The van der Waals surface area contributed by atoms with Crippen LogP contribution in [0.15, 0.2) is 72.9 Å². The number of nitrogens with zero attached hydrogens (tertiary/aromatic N) is 1. The number of nitrogens with one attached hydrogen (secondary N) is 1. The Hall–Kier alpha value is -2.55. The Morgan fingerprint density at radius 2 is 0.753 bits per heavy atom. The van der Waals surface area contributed by atoms with E-state index in [-0.39, 0.29) is 31.5 Å². The molecule has 3 unspecified atom stereocenters. The zero-order valence-corrected chi connectivity index (χ0v) is 54.9. The molecule has 1 amide bonds. The van der Waals surface area contributed by atoms with Gasteiger partial charge in [-0.15, -0.1) is 0 Å². The Balaban J connectivity index is 5.14. The summed E-state index contributed by atoms with van der Waals surface area (Å²) in [7, 11) is 1.49. The molecule has 0 saturated heterocycles. The fraction of sp³-hybridized carbons (Fsp3) is 0.803. The van der Waals surface area contributed by atoms with Crippen molar-refractivity contribution in [3.8, 4) is 0 Å². The van der Waals surface area contributed by atoms with Gasteiger partial charge in [0.25, 0.3) is 0 Å². The van der Waals surface area contributed by atoms with Gasteiger partial charge in [-0.3, -0.25) is 18.6 Å². The summed E-state index contributed by atoms with van der Waals surface area (Å²) in [5.74, 6) is -0.509. The van der Waals surface area contributed by atoms with Gasteiger partial charge < -0.3 is 19.4 Å². The molecule has 0 aromatic carbocycles. The van der Waals surface area contributed by atoms with Gasteiger partial charge in [-0.1, -0.05) is 274 Å². The summed E-state index contributed by atoms with van der Waals surface area (Å²) < 4.78 is 30.8. The zero-order valence-electron chi connectivity index (χ0n) is 54.0. The highest BCUT2D eigenvalue weighted by molar-refractivity contribution is 7.47. The van der Waals surface area contributed by atoms with Crippen molar-refractivity contribution in [1.82, 2.24) is 5.32 Å². The van der Waals surface area contributed by atoms with Gasteiger partial charge in [0.15, 0.2) is 0 Å². The number of phosphoric acid groups is 1. The van der Waals surface area contributed by atoms with Gasteiger partial charge in [-0.25, -0.2) is 4.57 Å². The lowest BCUT2D eigenvalue weighted by molar-refractivity contribution is -0.870. The van der Waals surface area contributed by atoms with Crippen LogP contribution in [0, 0.1) is 0 Å². The topological polar surface area (TPSA) is 111 Å². The number of quaternary nitrogens is 1. The summed E-state index contributed by atoms with van der Waals surface area (Å²) in [6.45, 7) is 6.98. The maximum absolute atomic E-state index is 13.6. The monoisotopic (exact) mass is 1160 g/mol. The molecule has 81 heavy (non-hydrogen) atoms. The highest BCUT2D eigenvalue weighted by Gasteiger charge is 2.30. The minimum Gasteiger partial charge on any atom is -0.456 e. The molecule has 0 saturated carbocycles. The molecule has 0 aliphatic heterocycles. The first-order valence-electron chi connectivity index (χ1n) is 34.3. The number of carbonyl (C=O) groups is 2. The van der Waals surface area contributed by atoms with E-state index in [0.29, 0.717) is 17.4 Å². The van der Waals surface area contributed by atoms with Crippen molar-refractivity contribution in [2.24, 2.45) is 0 Å².